The van der Waals surface area contributed by atoms with E-state index in [2.05, 4.69) is 5.32 Å². The molecule has 2 aromatic rings. The van der Waals surface area contributed by atoms with Gasteiger partial charge in [0, 0.05) is 5.69 Å². The molecule has 4 heteroatoms. The van der Waals surface area contributed by atoms with Gasteiger partial charge in [0.15, 0.2) is 11.5 Å². The van der Waals surface area contributed by atoms with Crippen molar-refractivity contribution in [2.45, 2.75) is 6.42 Å². The number of fused-ring (bicyclic) bond motifs is 1. The van der Waals surface area contributed by atoms with Crippen LogP contribution in [-0.2, 0) is 11.2 Å². The number of benzene rings is 2. The number of carbonyl (C=O) groups excluding carboxylic acids is 1. The quantitative estimate of drug-likeness (QED) is 0.932. The van der Waals surface area contributed by atoms with E-state index < -0.39 is 0 Å². The molecule has 1 aliphatic heterocycles. The van der Waals surface area contributed by atoms with Gasteiger partial charge < -0.3 is 14.8 Å². The predicted octanol–water partition coefficient (Wildman–Crippen LogP) is 2.87. The fourth-order valence-corrected chi connectivity index (χ4v) is 2.42. The summed E-state index contributed by atoms with van der Waals surface area (Å²) in [7, 11) is 3.23. The summed E-state index contributed by atoms with van der Waals surface area (Å²) >= 11 is 0. The third-order valence-corrected chi connectivity index (χ3v) is 3.45. The maximum absolute atomic E-state index is 11.4. The van der Waals surface area contributed by atoms with Crippen LogP contribution in [0.3, 0.4) is 0 Å². The van der Waals surface area contributed by atoms with Crippen molar-refractivity contribution in [1.82, 2.24) is 0 Å². The van der Waals surface area contributed by atoms with Crippen LogP contribution in [0.4, 0.5) is 5.69 Å². The second-order valence-electron chi connectivity index (χ2n) is 4.67. The molecule has 0 bridgehead atoms. The first-order valence-electron chi connectivity index (χ1n) is 6.36. The van der Waals surface area contributed by atoms with Crippen molar-refractivity contribution in [3.05, 3.63) is 42.0 Å². The Balaban J connectivity index is 2.01. The van der Waals surface area contributed by atoms with Crippen LogP contribution in [0, 0.1) is 0 Å². The number of methoxy groups -OCH3 is 2. The lowest BCUT2D eigenvalue weighted by Crippen LogP contribution is -2.03. The number of amides is 1. The summed E-state index contributed by atoms with van der Waals surface area (Å²) in [5.41, 5.74) is 4.02. The van der Waals surface area contributed by atoms with Crippen LogP contribution in [0.15, 0.2) is 36.4 Å². The average molecular weight is 269 g/mol. The number of hydrogen-bond donors (Lipinski definition) is 1. The third kappa shape index (κ3) is 2.09. The van der Waals surface area contributed by atoms with E-state index in [1.807, 2.05) is 36.4 Å². The number of rotatable bonds is 3. The molecule has 2 aromatic carbocycles. The van der Waals surface area contributed by atoms with Crippen molar-refractivity contribution >= 4 is 11.6 Å². The highest BCUT2D eigenvalue weighted by Gasteiger charge is 2.18. The van der Waals surface area contributed by atoms with Crippen LogP contribution in [0.5, 0.6) is 11.5 Å². The lowest BCUT2D eigenvalue weighted by atomic mass is 10.0. The normalized spacial score (nSPS) is 12.8. The molecule has 1 amide bonds. The lowest BCUT2D eigenvalue weighted by Gasteiger charge is -2.10. The minimum Gasteiger partial charge on any atom is -0.493 e. The Morgan fingerprint density at radius 3 is 2.40 bits per heavy atom. The molecule has 0 saturated carbocycles. The van der Waals surface area contributed by atoms with Gasteiger partial charge in [-0.15, -0.1) is 0 Å². The van der Waals surface area contributed by atoms with E-state index in [4.69, 9.17) is 9.47 Å². The molecule has 0 radical (unpaired) electrons. The zero-order valence-corrected chi connectivity index (χ0v) is 11.4. The summed E-state index contributed by atoms with van der Waals surface area (Å²) in [5, 5.41) is 2.83. The van der Waals surface area contributed by atoms with Gasteiger partial charge in [-0.1, -0.05) is 12.1 Å². The second kappa shape index (κ2) is 4.89. The first-order chi connectivity index (χ1) is 9.71. The van der Waals surface area contributed by atoms with Crippen LogP contribution < -0.4 is 14.8 Å². The summed E-state index contributed by atoms with van der Waals surface area (Å²) in [6.07, 6.45) is 0.441. The topological polar surface area (TPSA) is 47.6 Å². The van der Waals surface area contributed by atoms with Crippen molar-refractivity contribution < 1.29 is 14.3 Å². The number of carbonyl (C=O) groups is 1. The largest absolute Gasteiger partial charge is 0.493 e. The Kier molecular flexibility index (Phi) is 3.06. The Morgan fingerprint density at radius 1 is 0.950 bits per heavy atom. The minimum absolute atomic E-state index is 0.0458. The lowest BCUT2D eigenvalue weighted by molar-refractivity contribution is -0.115. The van der Waals surface area contributed by atoms with Crippen molar-refractivity contribution in [1.29, 1.82) is 0 Å². The maximum Gasteiger partial charge on any atom is 0.228 e. The summed E-state index contributed by atoms with van der Waals surface area (Å²) in [6.45, 7) is 0. The smallest absolute Gasteiger partial charge is 0.228 e. The van der Waals surface area contributed by atoms with E-state index in [9.17, 15) is 4.79 Å². The molecule has 1 heterocycles. The number of nitrogens with one attached hydrogen (secondary N) is 1. The summed E-state index contributed by atoms with van der Waals surface area (Å²) in [5.74, 6) is 1.44. The fraction of sp³-hybridized carbons (Fsp3) is 0.188. The maximum atomic E-state index is 11.4. The van der Waals surface area contributed by atoms with Crippen LogP contribution >= 0.6 is 0 Å². The molecule has 20 heavy (non-hydrogen) atoms. The monoisotopic (exact) mass is 269 g/mol. The number of hydrogen-bond acceptors (Lipinski definition) is 3. The van der Waals surface area contributed by atoms with E-state index >= 15 is 0 Å². The highest BCUT2D eigenvalue weighted by Crippen LogP contribution is 2.34. The SMILES string of the molecule is COc1ccc(-c2ccc3c(c2)CC(=O)N3)cc1OC. The first kappa shape index (κ1) is 12.5. The highest BCUT2D eigenvalue weighted by molar-refractivity contribution is 5.99. The van der Waals surface area contributed by atoms with Gasteiger partial charge in [-0.25, -0.2) is 0 Å². The summed E-state index contributed by atoms with van der Waals surface area (Å²) in [4.78, 5) is 11.4. The molecular weight excluding hydrogens is 254 g/mol. The number of anilines is 1. The van der Waals surface area contributed by atoms with Crippen molar-refractivity contribution in [3.8, 4) is 22.6 Å². The standard InChI is InChI=1S/C16H15NO3/c1-19-14-6-4-11(8-15(14)20-2)10-3-5-13-12(7-10)9-16(18)17-13/h3-8H,9H2,1-2H3,(H,17,18). The predicted molar refractivity (Wildman–Crippen MR) is 77.3 cm³/mol. The van der Waals surface area contributed by atoms with Gasteiger partial charge in [-0.2, -0.15) is 0 Å². The molecule has 0 spiro atoms. The van der Waals surface area contributed by atoms with Crippen molar-refractivity contribution in [2.75, 3.05) is 19.5 Å². The molecule has 0 atom stereocenters. The van der Waals surface area contributed by atoms with Gasteiger partial charge in [0.05, 0.1) is 20.6 Å². The summed E-state index contributed by atoms with van der Waals surface area (Å²) in [6, 6.07) is 11.8. The van der Waals surface area contributed by atoms with Gasteiger partial charge >= 0.3 is 0 Å². The second-order valence-corrected chi connectivity index (χ2v) is 4.67. The average Bonchev–Trinajstić information content (AvgIpc) is 2.85. The van der Waals surface area contributed by atoms with Gasteiger partial charge in [-0.3, -0.25) is 4.79 Å². The molecule has 0 aliphatic carbocycles. The van der Waals surface area contributed by atoms with E-state index in [-0.39, 0.29) is 5.91 Å². The highest BCUT2D eigenvalue weighted by atomic mass is 16.5. The Labute approximate surface area is 117 Å². The van der Waals surface area contributed by atoms with Crippen LogP contribution in [-0.4, -0.2) is 20.1 Å². The molecule has 1 aliphatic rings. The van der Waals surface area contributed by atoms with E-state index in [1.165, 1.54) is 0 Å². The van der Waals surface area contributed by atoms with Crippen molar-refractivity contribution in [2.24, 2.45) is 0 Å². The number of ether oxygens (including phenoxy) is 2. The zero-order valence-electron chi connectivity index (χ0n) is 11.4. The van der Waals surface area contributed by atoms with Gasteiger partial charge in [0.2, 0.25) is 5.91 Å². The van der Waals surface area contributed by atoms with Gasteiger partial charge in [0.1, 0.15) is 0 Å². The van der Waals surface area contributed by atoms with Gasteiger partial charge in [0.25, 0.3) is 0 Å². The molecule has 0 saturated heterocycles. The molecule has 0 fully saturated rings. The van der Waals surface area contributed by atoms with Crippen LogP contribution in [0.25, 0.3) is 11.1 Å². The van der Waals surface area contributed by atoms with E-state index in [0.717, 1.165) is 22.4 Å². The molecule has 3 rings (SSSR count). The van der Waals surface area contributed by atoms with E-state index in [0.29, 0.717) is 17.9 Å². The summed E-state index contributed by atoms with van der Waals surface area (Å²) < 4.78 is 10.6. The van der Waals surface area contributed by atoms with Crippen molar-refractivity contribution in [3.63, 3.8) is 0 Å². The Hall–Kier alpha value is -2.49. The molecule has 0 aromatic heterocycles. The fourth-order valence-electron chi connectivity index (χ4n) is 2.42. The van der Waals surface area contributed by atoms with E-state index in [1.54, 1.807) is 14.2 Å². The molecule has 0 unspecified atom stereocenters. The van der Waals surface area contributed by atoms with Gasteiger partial charge in [-0.05, 0) is 41.0 Å². The van der Waals surface area contributed by atoms with Crippen LogP contribution in [0.1, 0.15) is 5.56 Å². The molecule has 4 nitrogen and oxygen atoms in total. The molecule has 1 N–H and O–H groups in total. The van der Waals surface area contributed by atoms with Crippen LogP contribution in [0.2, 0.25) is 0 Å². The zero-order chi connectivity index (χ0) is 14.1. The third-order valence-electron chi connectivity index (χ3n) is 3.45. The molecular formula is C16H15NO3. The molecule has 102 valence electrons. The Bertz CT molecular complexity index is 679. The minimum atomic E-state index is 0.0458. The Morgan fingerprint density at radius 2 is 1.65 bits per heavy atom. The first-order valence-corrected chi connectivity index (χ1v) is 6.36.